The first-order chi connectivity index (χ1) is 8.16. The van der Waals surface area contributed by atoms with Crippen molar-refractivity contribution in [2.24, 2.45) is 0 Å². The molecule has 0 aromatic heterocycles. The van der Waals surface area contributed by atoms with Gasteiger partial charge in [-0.05, 0) is 23.5 Å². The summed E-state index contributed by atoms with van der Waals surface area (Å²) < 4.78 is 6.54. The van der Waals surface area contributed by atoms with Gasteiger partial charge in [0, 0.05) is 13.0 Å². The van der Waals surface area contributed by atoms with Gasteiger partial charge in [0.15, 0.2) is 0 Å². The van der Waals surface area contributed by atoms with Crippen molar-refractivity contribution in [2.75, 3.05) is 6.61 Å². The summed E-state index contributed by atoms with van der Waals surface area (Å²) in [4.78, 5) is 0. The minimum atomic E-state index is -1.97. The molecule has 0 unspecified atom stereocenters. The first-order valence-corrected chi connectivity index (χ1v) is 9.09. The molecular weight excluding hydrogens is 240 g/mol. The van der Waals surface area contributed by atoms with Crippen molar-refractivity contribution in [3.05, 3.63) is 0 Å². The smallest absolute Gasteiger partial charge is 0.202 e. The van der Waals surface area contributed by atoms with Gasteiger partial charge < -0.3 is 9.53 Å². The second-order valence-corrected chi connectivity index (χ2v) is 11.6. The minimum absolute atomic E-state index is 0.0689. The van der Waals surface area contributed by atoms with Gasteiger partial charge in [-0.25, -0.2) is 0 Å². The molecule has 1 atom stereocenters. The van der Waals surface area contributed by atoms with Crippen LogP contribution in [0.3, 0.4) is 0 Å². The molecule has 0 aromatic rings. The predicted octanol–water partition coefficient (Wildman–Crippen LogP) is 3.95. The Balaban J connectivity index is 5.42. The van der Waals surface area contributed by atoms with Gasteiger partial charge in [-0.3, -0.25) is 0 Å². The maximum absolute atomic E-state index is 9.19. The Morgan fingerprint density at radius 2 is 1.50 bits per heavy atom. The highest BCUT2D eigenvalue weighted by molar-refractivity contribution is 6.77. The quantitative estimate of drug-likeness (QED) is 0.560. The lowest BCUT2D eigenvalue weighted by atomic mass is 10.1. The van der Waals surface area contributed by atoms with Crippen molar-refractivity contribution in [3.63, 3.8) is 0 Å². The molecule has 0 heterocycles. The third-order valence-corrected chi connectivity index (χ3v) is 10.2. The van der Waals surface area contributed by atoms with E-state index in [0.717, 1.165) is 0 Å². The molecule has 0 aliphatic carbocycles. The molecule has 0 fully saturated rings. The van der Waals surface area contributed by atoms with E-state index in [9.17, 15) is 5.11 Å². The highest BCUT2D eigenvalue weighted by atomic mass is 28.4. The van der Waals surface area contributed by atoms with Gasteiger partial charge in [0.1, 0.15) is 5.60 Å². The Labute approximate surface area is 114 Å². The molecule has 3 heteroatoms. The SMILES string of the molecule is C#C[C@@](C)(CCO)O[Si](C(C)C)(C(C)C)C(C)C. The van der Waals surface area contributed by atoms with Crippen LogP contribution in [0.2, 0.25) is 16.6 Å². The van der Waals surface area contributed by atoms with E-state index in [0.29, 0.717) is 23.0 Å². The standard InChI is InChI=1S/C15H30O2Si/c1-9-15(8,10-11-16)17-18(12(2)3,13(4)5)14(6)7/h1,12-14,16H,10-11H2,2-8H3/t15-/m0/s1. The molecular formula is C15H30O2Si. The lowest BCUT2D eigenvalue weighted by molar-refractivity contribution is 0.0922. The molecule has 1 N–H and O–H groups in total. The van der Waals surface area contributed by atoms with Gasteiger partial charge >= 0.3 is 0 Å². The molecule has 0 bridgehead atoms. The summed E-state index contributed by atoms with van der Waals surface area (Å²) in [6.07, 6.45) is 6.14. The molecule has 0 rings (SSSR count). The van der Waals surface area contributed by atoms with Crippen molar-refractivity contribution in [1.82, 2.24) is 0 Å². The van der Waals surface area contributed by atoms with Gasteiger partial charge in [-0.2, -0.15) is 0 Å². The maximum Gasteiger partial charge on any atom is 0.202 e. The molecule has 18 heavy (non-hydrogen) atoms. The van der Waals surface area contributed by atoms with Crippen LogP contribution in [0.25, 0.3) is 0 Å². The molecule has 0 aliphatic heterocycles. The highest BCUT2D eigenvalue weighted by Crippen LogP contribution is 2.44. The Hall–Kier alpha value is -0.303. The Morgan fingerprint density at radius 1 is 1.11 bits per heavy atom. The predicted molar refractivity (Wildman–Crippen MR) is 81.1 cm³/mol. The zero-order valence-corrected chi connectivity index (χ0v) is 14.1. The highest BCUT2D eigenvalue weighted by Gasteiger charge is 2.48. The van der Waals surface area contributed by atoms with E-state index in [1.165, 1.54) is 0 Å². The second kappa shape index (κ2) is 6.74. The van der Waals surface area contributed by atoms with Crippen LogP contribution in [0.15, 0.2) is 0 Å². The van der Waals surface area contributed by atoms with E-state index in [-0.39, 0.29) is 6.61 Å². The van der Waals surface area contributed by atoms with Crippen LogP contribution >= 0.6 is 0 Å². The van der Waals surface area contributed by atoms with Crippen LogP contribution in [-0.4, -0.2) is 25.6 Å². The van der Waals surface area contributed by atoms with E-state index in [1.54, 1.807) is 0 Å². The first-order valence-electron chi connectivity index (χ1n) is 6.95. The van der Waals surface area contributed by atoms with Gasteiger partial charge in [-0.1, -0.05) is 47.5 Å². The van der Waals surface area contributed by atoms with Crippen LogP contribution in [0.4, 0.5) is 0 Å². The van der Waals surface area contributed by atoms with Crippen molar-refractivity contribution in [1.29, 1.82) is 0 Å². The average molecular weight is 270 g/mol. The molecule has 2 nitrogen and oxygen atoms in total. The summed E-state index contributed by atoms with van der Waals surface area (Å²) in [6, 6.07) is 0. The summed E-state index contributed by atoms with van der Waals surface area (Å²) >= 11 is 0. The van der Waals surface area contributed by atoms with E-state index < -0.39 is 13.9 Å². The molecule has 0 aliphatic rings. The van der Waals surface area contributed by atoms with Crippen LogP contribution in [0.1, 0.15) is 54.9 Å². The number of aliphatic hydroxyl groups excluding tert-OH is 1. The van der Waals surface area contributed by atoms with Crippen LogP contribution < -0.4 is 0 Å². The third kappa shape index (κ3) is 3.60. The molecule has 0 spiro atoms. The van der Waals surface area contributed by atoms with Gasteiger partial charge in [0.2, 0.25) is 8.32 Å². The monoisotopic (exact) mass is 270 g/mol. The van der Waals surface area contributed by atoms with Crippen LogP contribution in [0, 0.1) is 12.3 Å². The van der Waals surface area contributed by atoms with Crippen LogP contribution in [-0.2, 0) is 4.43 Å². The Bertz CT molecular complexity index is 270. The zero-order chi connectivity index (χ0) is 14.6. The third-order valence-electron chi connectivity index (χ3n) is 4.00. The van der Waals surface area contributed by atoms with Crippen molar-refractivity contribution >= 4 is 8.32 Å². The fourth-order valence-corrected chi connectivity index (χ4v) is 8.76. The number of rotatable bonds is 7. The lowest BCUT2D eigenvalue weighted by Gasteiger charge is -2.46. The van der Waals surface area contributed by atoms with E-state index in [4.69, 9.17) is 10.8 Å². The molecule has 0 aromatic carbocycles. The minimum Gasteiger partial charge on any atom is -0.400 e. The fraction of sp³-hybridized carbons (Fsp3) is 0.867. The summed E-state index contributed by atoms with van der Waals surface area (Å²) in [6.45, 7) is 15.4. The van der Waals surface area contributed by atoms with Crippen molar-refractivity contribution in [2.45, 2.75) is 77.1 Å². The average Bonchev–Trinajstić information content (AvgIpc) is 2.25. The van der Waals surface area contributed by atoms with Gasteiger partial charge in [0.05, 0.1) is 0 Å². The number of hydrogen-bond donors (Lipinski definition) is 1. The number of terminal acetylenes is 1. The van der Waals surface area contributed by atoms with Crippen molar-refractivity contribution < 1.29 is 9.53 Å². The van der Waals surface area contributed by atoms with Gasteiger partial charge in [0.25, 0.3) is 0 Å². The fourth-order valence-electron chi connectivity index (χ4n) is 3.11. The summed E-state index contributed by atoms with van der Waals surface area (Å²) in [7, 11) is -1.97. The molecule has 0 radical (unpaired) electrons. The topological polar surface area (TPSA) is 29.5 Å². The normalized spacial score (nSPS) is 16.1. The summed E-state index contributed by atoms with van der Waals surface area (Å²) in [5.74, 6) is 2.75. The molecule has 0 saturated carbocycles. The molecule has 106 valence electrons. The number of hydrogen-bond acceptors (Lipinski definition) is 2. The molecule has 0 amide bonds. The van der Waals surface area contributed by atoms with Gasteiger partial charge in [-0.15, -0.1) is 6.42 Å². The summed E-state index contributed by atoms with van der Waals surface area (Å²) in [5, 5.41) is 9.19. The Morgan fingerprint density at radius 3 is 1.72 bits per heavy atom. The summed E-state index contributed by atoms with van der Waals surface area (Å²) in [5.41, 5.74) is 0.872. The van der Waals surface area contributed by atoms with Crippen molar-refractivity contribution in [3.8, 4) is 12.3 Å². The number of aliphatic hydroxyl groups is 1. The zero-order valence-electron chi connectivity index (χ0n) is 13.1. The largest absolute Gasteiger partial charge is 0.400 e. The Kier molecular flexibility index (Phi) is 6.63. The van der Waals surface area contributed by atoms with E-state index >= 15 is 0 Å². The van der Waals surface area contributed by atoms with E-state index in [1.807, 2.05) is 6.92 Å². The van der Waals surface area contributed by atoms with Crippen LogP contribution in [0.5, 0.6) is 0 Å². The van der Waals surface area contributed by atoms with E-state index in [2.05, 4.69) is 47.5 Å². The maximum atomic E-state index is 9.19. The first kappa shape index (κ1) is 17.7. The lowest BCUT2D eigenvalue weighted by Crippen LogP contribution is -2.53. The molecule has 0 saturated heterocycles. The second-order valence-electron chi connectivity index (χ2n) is 6.27.